The molecule has 0 bridgehead atoms. The minimum atomic E-state index is -0.355. The average Bonchev–Trinajstić information content (AvgIpc) is 3.25. The topological polar surface area (TPSA) is 41.6 Å². The third-order valence-corrected chi connectivity index (χ3v) is 6.89. The molecule has 1 amide bonds. The summed E-state index contributed by atoms with van der Waals surface area (Å²) in [5.41, 5.74) is 3.11. The lowest BCUT2D eigenvalue weighted by atomic mass is 9.92. The average molecular weight is 467 g/mol. The maximum Gasteiger partial charge on any atom is 0.236 e. The number of rotatable bonds is 5. The molecule has 1 fully saturated rings. The Morgan fingerprint density at radius 1 is 0.882 bits per heavy atom. The number of thiocarbonyl (C=S) groups is 1. The van der Waals surface area contributed by atoms with Crippen LogP contribution in [-0.2, 0) is 4.79 Å². The molecular weight excluding hydrogens is 440 g/mol. The highest BCUT2D eigenvalue weighted by Gasteiger charge is 2.43. The third kappa shape index (κ3) is 4.03. The standard InChI is InChI=1S/C29H26N2O2S/c1-19(22-13-14-24-18-25(33-2)16-15-23(24)17-22)28(32)31-27(21-11-7-4-8-12-21)26(30-29(31)34)20-9-5-3-6-10-20/h3-19,26-27H,1-2H3,(H,30,34)/t19-,26-,27+/m0/s1. The molecule has 4 nitrogen and oxygen atoms in total. The van der Waals surface area contributed by atoms with E-state index < -0.39 is 0 Å². The molecule has 5 heteroatoms. The summed E-state index contributed by atoms with van der Waals surface area (Å²) >= 11 is 5.72. The number of carbonyl (C=O) groups is 1. The lowest BCUT2D eigenvalue weighted by molar-refractivity contribution is -0.129. The van der Waals surface area contributed by atoms with Crippen LogP contribution in [0.3, 0.4) is 0 Å². The van der Waals surface area contributed by atoms with Gasteiger partial charge in [0.1, 0.15) is 5.75 Å². The molecule has 0 radical (unpaired) electrons. The van der Waals surface area contributed by atoms with E-state index in [1.807, 2.05) is 73.7 Å². The van der Waals surface area contributed by atoms with Crippen molar-refractivity contribution in [2.45, 2.75) is 24.9 Å². The van der Waals surface area contributed by atoms with E-state index in [0.717, 1.165) is 33.2 Å². The molecular formula is C29H26N2O2S. The fourth-order valence-electron chi connectivity index (χ4n) is 4.70. The van der Waals surface area contributed by atoms with Crippen molar-refractivity contribution in [3.8, 4) is 5.75 Å². The number of nitrogens with zero attached hydrogens (tertiary/aromatic N) is 1. The number of carbonyl (C=O) groups excluding carboxylic acids is 1. The van der Waals surface area contributed by atoms with Crippen molar-refractivity contribution in [1.82, 2.24) is 10.2 Å². The molecule has 34 heavy (non-hydrogen) atoms. The Hall–Kier alpha value is -3.70. The van der Waals surface area contributed by atoms with Gasteiger partial charge in [0, 0.05) is 0 Å². The third-order valence-electron chi connectivity index (χ3n) is 6.57. The van der Waals surface area contributed by atoms with Gasteiger partial charge in [0.05, 0.1) is 25.1 Å². The minimum Gasteiger partial charge on any atom is -0.497 e. The van der Waals surface area contributed by atoms with E-state index in [1.54, 1.807) is 12.0 Å². The first kappa shape index (κ1) is 22.1. The minimum absolute atomic E-state index is 0.0161. The zero-order valence-electron chi connectivity index (χ0n) is 19.1. The smallest absolute Gasteiger partial charge is 0.236 e. The molecule has 1 aliphatic rings. The van der Waals surface area contributed by atoms with Crippen molar-refractivity contribution < 1.29 is 9.53 Å². The summed E-state index contributed by atoms with van der Waals surface area (Å²) in [6.07, 6.45) is 0. The van der Waals surface area contributed by atoms with Gasteiger partial charge in [-0.15, -0.1) is 0 Å². The molecule has 1 N–H and O–H groups in total. The molecule has 1 heterocycles. The Labute approximate surface area is 205 Å². The Morgan fingerprint density at radius 2 is 1.50 bits per heavy atom. The van der Waals surface area contributed by atoms with E-state index in [1.165, 1.54) is 0 Å². The zero-order valence-corrected chi connectivity index (χ0v) is 20.0. The largest absolute Gasteiger partial charge is 0.497 e. The number of nitrogens with one attached hydrogen (secondary N) is 1. The van der Waals surface area contributed by atoms with Crippen LogP contribution in [0.2, 0.25) is 0 Å². The maximum absolute atomic E-state index is 13.9. The first-order chi connectivity index (χ1) is 16.6. The van der Waals surface area contributed by atoms with Gasteiger partial charge in [0.15, 0.2) is 5.11 Å². The normalized spacial score (nSPS) is 18.5. The summed E-state index contributed by atoms with van der Waals surface area (Å²) in [5.74, 6) is 0.445. The van der Waals surface area contributed by atoms with Crippen LogP contribution in [0.15, 0.2) is 97.1 Å². The van der Waals surface area contributed by atoms with Gasteiger partial charge in [-0.25, -0.2) is 0 Å². The second-order valence-corrected chi connectivity index (χ2v) is 8.98. The summed E-state index contributed by atoms with van der Waals surface area (Å²) in [6.45, 7) is 1.95. The molecule has 170 valence electrons. The summed E-state index contributed by atoms with van der Waals surface area (Å²) < 4.78 is 5.34. The SMILES string of the molecule is COc1ccc2cc([C@H](C)C(=O)N3C(=S)N[C@@H](c4ccccc4)[C@H]3c3ccccc3)ccc2c1. The maximum atomic E-state index is 13.9. The second kappa shape index (κ2) is 9.27. The quantitative estimate of drug-likeness (QED) is 0.358. The molecule has 0 unspecified atom stereocenters. The molecule has 0 saturated carbocycles. The molecule has 1 saturated heterocycles. The van der Waals surface area contributed by atoms with Crippen LogP contribution in [0.4, 0.5) is 0 Å². The summed E-state index contributed by atoms with van der Waals surface area (Å²) in [4.78, 5) is 15.7. The van der Waals surface area contributed by atoms with Crippen molar-refractivity contribution in [2.75, 3.05) is 7.11 Å². The molecule has 0 aliphatic carbocycles. The van der Waals surface area contributed by atoms with Gasteiger partial charge < -0.3 is 10.1 Å². The first-order valence-electron chi connectivity index (χ1n) is 11.4. The van der Waals surface area contributed by atoms with E-state index >= 15 is 0 Å². The van der Waals surface area contributed by atoms with Gasteiger partial charge in [-0.2, -0.15) is 0 Å². The lowest BCUT2D eigenvalue weighted by Gasteiger charge is -2.29. The summed E-state index contributed by atoms with van der Waals surface area (Å²) in [5, 5.41) is 6.03. The monoisotopic (exact) mass is 466 g/mol. The second-order valence-electron chi connectivity index (χ2n) is 8.60. The van der Waals surface area contributed by atoms with E-state index in [2.05, 4.69) is 35.6 Å². The van der Waals surface area contributed by atoms with Gasteiger partial charge in [-0.3, -0.25) is 9.69 Å². The van der Waals surface area contributed by atoms with Crippen molar-refractivity contribution in [3.63, 3.8) is 0 Å². The Balaban J connectivity index is 1.51. The molecule has 0 spiro atoms. The lowest BCUT2D eigenvalue weighted by Crippen LogP contribution is -2.38. The zero-order chi connectivity index (χ0) is 23.7. The predicted octanol–water partition coefficient (Wildman–Crippen LogP) is 6.15. The van der Waals surface area contributed by atoms with Crippen molar-refractivity contribution >= 4 is 34.0 Å². The number of benzene rings is 4. The number of fused-ring (bicyclic) bond motifs is 1. The van der Waals surface area contributed by atoms with E-state index in [0.29, 0.717) is 5.11 Å². The number of methoxy groups -OCH3 is 1. The summed E-state index contributed by atoms with van der Waals surface area (Å²) in [6, 6.07) is 32.0. The van der Waals surface area contributed by atoms with Crippen LogP contribution in [0.1, 0.15) is 41.6 Å². The van der Waals surface area contributed by atoms with Crippen molar-refractivity contribution in [2.24, 2.45) is 0 Å². The molecule has 5 rings (SSSR count). The molecule has 4 aromatic rings. The van der Waals surface area contributed by atoms with Gasteiger partial charge in [-0.05, 0) is 58.7 Å². The van der Waals surface area contributed by atoms with Gasteiger partial charge >= 0.3 is 0 Å². The fourth-order valence-corrected chi connectivity index (χ4v) is 5.03. The predicted molar refractivity (Wildman–Crippen MR) is 140 cm³/mol. The van der Waals surface area contributed by atoms with Gasteiger partial charge in [-0.1, -0.05) is 84.9 Å². The first-order valence-corrected chi connectivity index (χ1v) is 11.8. The van der Waals surface area contributed by atoms with E-state index in [-0.39, 0.29) is 23.9 Å². The van der Waals surface area contributed by atoms with Crippen LogP contribution in [0, 0.1) is 0 Å². The fraction of sp³-hybridized carbons (Fsp3) is 0.172. The van der Waals surface area contributed by atoms with Crippen LogP contribution in [0.25, 0.3) is 10.8 Å². The number of ether oxygens (including phenoxy) is 1. The van der Waals surface area contributed by atoms with Crippen molar-refractivity contribution in [3.05, 3.63) is 114 Å². The molecule has 0 aromatic heterocycles. The van der Waals surface area contributed by atoms with Gasteiger partial charge in [0.2, 0.25) is 5.91 Å². The Morgan fingerprint density at radius 3 is 2.18 bits per heavy atom. The van der Waals surface area contributed by atoms with Gasteiger partial charge in [0.25, 0.3) is 0 Å². The number of hydrogen-bond donors (Lipinski definition) is 1. The van der Waals surface area contributed by atoms with Crippen LogP contribution >= 0.6 is 12.2 Å². The number of hydrogen-bond acceptors (Lipinski definition) is 3. The Bertz CT molecular complexity index is 1340. The molecule has 4 aromatic carbocycles. The molecule has 3 atom stereocenters. The van der Waals surface area contributed by atoms with Crippen LogP contribution < -0.4 is 10.1 Å². The summed E-state index contributed by atoms with van der Waals surface area (Å²) in [7, 11) is 1.66. The molecule has 1 aliphatic heterocycles. The highest BCUT2D eigenvalue weighted by Crippen LogP contribution is 2.41. The highest BCUT2D eigenvalue weighted by atomic mass is 32.1. The highest BCUT2D eigenvalue weighted by molar-refractivity contribution is 7.80. The van der Waals surface area contributed by atoms with Crippen molar-refractivity contribution in [1.29, 1.82) is 0 Å². The number of amides is 1. The van der Waals surface area contributed by atoms with E-state index in [4.69, 9.17) is 17.0 Å². The Kier molecular flexibility index (Phi) is 6.03. The van der Waals surface area contributed by atoms with Crippen LogP contribution in [-0.4, -0.2) is 23.0 Å². The van der Waals surface area contributed by atoms with E-state index in [9.17, 15) is 4.79 Å². The van der Waals surface area contributed by atoms with Crippen LogP contribution in [0.5, 0.6) is 5.75 Å².